The molecule has 0 spiro atoms. The molecule has 27 heavy (non-hydrogen) atoms. The van der Waals surface area contributed by atoms with Crippen molar-refractivity contribution in [1.82, 2.24) is 4.90 Å². The monoisotopic (exact) mass is 371 g/mol. The van der Waals surface area contributed by atoms with Crippen molar-refractivity contribution < 1.29 is 9.59 Å². The Kier molecular flexibility index (Phi) is 6.20. The van der Waals surface area contributed by atoms with Gasteiger partial charge >= 0.3 is 0 Å². The minimum atomic E-state index is -0.132. The number of hydrogen-bond donors (Lipinski definition) is 2. The maximum Gasteiger partial charge on any atom is 0.227 e. The highest BCUT2D eigenvalue weighted by atomic mass is 16.2. The highest BCUT2D eigenvalue weighted by Gasteiger charge is 2.35. The highest BCUT2D eigenvalue weighted by Crippen LogP contribution is 2.33. The number of anilines is 1. The van der Waals surface area contributed by atoms with Crippen molar-refractivity contribution in [2.24, 2.45) is 23.0 Å². The molecule has 0 heterocycles. The number of rotatable bonds is 8. The summed E-state index contributed by atoms with van der Waals surface area (Å²) in [6.45, 7) is 5.85. The van der Waals surface area contributed by atoms with E-state index < -0.39 is 0 Å². The van der Waals surface area contributed by atoms with Crippen LogP contribution in [0, 0.1) is 17.3 Å². The van der Waals surface area contributed by atoms with Crippen molar-refractivity contribution in [3.05, 3.63) is 29.8 Å². The quantitative estimate of drug-likeness (QED) is 0.734. The van der Waals surface area contributed by atoms with Crippen LogP contribution in [0.25, 0.3) is 0 Å². The van der Waals surface area contributed by atoms with E-state index in [0.717, 1.165) is 49.8 Å². The topological polar surface area (TPSA) is 75.4 Å². The average Bonchev–Trinajstić information content (AvgIpc) is 3.35. The fourth-order valence-electron chi connectivity index (χ4n) is 3.79. The maximum absolute atomic E-state index is 12.8. The zero-order chi connectivity index (χ0) is 19.4. The zero-order valence-corrected chi connectivity index (χ0v) is 16.7. The number of para-hydroxylation sites is 1. The summed E-state index contributed by atoms with van der Waals surface area (Å²) in [6, 6.07) is 7.85. The lowest BCUT2D eigenvalue weighted by Crippen LogP contribution is -2.42. The van der Waals surface area contributed by atoms with Crippen LogP contribution in [-0.4, -0.2) is 29.8 Å². The minimum absolute atomic E-state index is 0.113. The molecule has 1 aromatic carbocycles. The summed E-state index contributed by atoms with van der Waals surface area (Å²) in [5.74, 6) is 0.619. The molecule has 0 aliphatic heterocycles. The van der Waals surface area contributed by atoms with E-state index >= 15 is 0 Å². The van der Waals surface area contributed by atoms with E-state index in [9.17, 15) is 9.59 Å². The third-order valence-corrected chi connectivity index (χ3v) is 5.77. The van der Waals surface area contributed by atoms with E-state index in [2.05, 4.69) is 19.2 Å². The van der Waals surface area contributed by atoms with Crippen LogP contribution in [0.4, 0.5) is 5.69 Å². The average molecular weight is 372 g/mol. The molecule has 1 aromatic rings. The van der Waals surface area contributed by atoms with Crippen LogP contribution in [0.1, 0.15) is 57.9 Å². The number of amides is 2. The Bertz CT molecular complexity index is 676. The molecule has 0 atom stereocenters. The first-order chi connectivity index (χ1) is 12.9. The number of nitrogens with zero attached hydrogens (tertiary/aromatic N) is 1. The first-order valence-corrected chi connectivity index (χ1v) is 10.3. The van der Waals surface area contributed by atoms with E-state index in [1.54, 1.807) is 0 Å². The third-order valence-electron chi connectivity index (χ3n) is 5.77. The Labute approximate surface area is 162 Å². The van der Waals surface area contributed by atoms with Gasteiger partial charge in [0.1, 0.15) is 0 Å². The first kappa shape index (κ1) is 19.9. The standard InChI is InChI=1S/C22H33N3O2/c1-22(2,14-23)15-25(21(27)17-11-12-17)13-18-9-5-6-10-19(18)24-20(26)16-7-3-4-8-16/h5-6,9-10,16-17H,3-4,7-8,11-15,23H2,1-2H3,(H,24,26). The summed E-state index contributed by atoms with van der Waals surface area (Å²) in [6.07, 6.45) is 6.20. The number of nitrogens with one attached hydrogen (secondary N) is 1. The van der Waals surface area contributed by atoms with Crippen LogP contribution in [-0.2, 0) is 16.1 Å². The predicted molar refractivity (Wildman–Crippen MR) is 108 cm³/mol. The molecule has 3 N–H and O–H groups in total. The van der Waals surface area contributed by atoms with Gasteiger partial charge in [0, 0.05) is 30.6 Å². The summed E-state index contributed by atoms with van der Waals surface area (Å²) >= 11 is 0. The second kappa shape index (κ2) is 8.42. The Morgan fingerprint density at radius 1 is 1.11 bits per heavy atom. The maximum atomic E-state index is 12.8. The van der Waals surface area contributed by atoms with Crippen molar-refractivity contribution in [3.8, 4) is 0 Å². The van der Waals surface area contributed by atoms with Crippen LogP contribution in [0.2, 0.25) is 0 Å². The number of carbonyl (C=O) groups is 2. The van der Waals surface area contributed by atoms with Crippen molar-refractivity contribution in [2.45, 2.75) is 58.9 Å². The second-order valence-corrected chi connectivity index (χ2v) is 8.96. The lowest BCUT2D eigenvalue weighted by molar-refractivity contribution is -0.134. The SMILES string of the molecule is CC(C)(CN)CN(Cc1ccccc1NC(=O)C1CCCC1)C(=O)C1CC1. The van der Waals surface area contributed by atoms with Gasteiger partial charge < -0.3 is 16.0 Å². The molecule has 3 rings (SSSR count). The molecule has 0 aromatic heterocycles. The normalized spacial score (nSPS) is 17.7. The fourth-order valence-corrected chi connectivity index (χ4v) is 3.79. The van der Waals surface area contributed by atoms with Gasteiger partial charge in [0.05, 0.1) is 0 Å². The van der Waals surface area contributed by atoms with Crippen LogP contribution in [0.15, 0.2) is 24.3 Å². The van der Waals surface area contributed by atoms with Crippen LogP contribution >= 0.6 is 0 Å². The first-order valence-electron chi connectivity index (χ1n) is 10.3. The molecule has 2 amide bonds. The summed E-state index contributed by atoms with van der Waals surface area (Å²) < 4.78 is 0. The molecule has 5 heteroatoms. The van der Waals surface area contributed by atoms with Gasteiger partial charge in [-0.2, -0.15) is 0 Å². The van der Waals surface area contributed by atoms with Crippen molar-refractivity contribution in [2.75, 3.05) is 18.4 Å². The minimum Gasteiger partial charge on any atom is -0.337 e. The summed E-state index contributed by atoms with van der Waals surface area (Å²) in [5, 5.41) is 3.12. The smallest absolute Gasteiger partial charge is 0.227 e. The van der Waals surface area contributed by atoms with Gasteiger partial charge in [-0.15, -0.1) is 0 Å². The van der Waals surface area contributed by atoms with E-state index in [1.807, 2.05) is 29.2 Å². The predicted octanol–water partition coefficient (Wildman–Crippen LogP) is 3.54. The largest absolute Gasteiger partial charge is 0.337 e. The van der Waals surface area contributed by atoms with Crippen LogP contribution in [0.5, 0.6) is 0 Å². The van der Waals surface area contributed by atoms with Gasteiger partial charge in [0.2, 0.25) is 11.8 Å². The Hall–Kier alpha value is -1.88. The number of hydrogen-bond acceptors (Lipinski definition) is 3. The number of carbonyl (C=O) groups excluding carboxylic acids is 2. The Morgan fingerprint density at radius 2 is 1.78 bits per heavy atom. The number of nitrogens with two attached hydrogens (primary N) is 1. The van der Waals surface area contributed by atoms with Gasteiger partial charge in [-0.25, -0.2) is 0 Å². The molecule has 0 radical (unpaired) electrons. The molecule has 2 fully saturated rings. The van der Waals surface area contributed by atoms with E-state index in [1.165, 1.54) is 0 Å². The van der Waals surface area contributed by atoms with Gasteiger partial charge in [0.25, 0.3) is 0 Å². The highest BCUT2D eigenvalue weighted by molar-refractivity contribution is 5.93. The lowest BCUT2D eigenvalue weighted by Gasteiger charge is -2.32. The van der Waals surface area contributed by atoms with Crippen LogP contribution in [0.3, 0.4) is 0 Å². The molecule has 148 valence electrons. The molecule has 0 unspecified atom stereocenters. The van der Waals surface area contributed by atoms with Crippen molar-refractivity contribution in [1.29, 1.82) is 0 Å². The van der Waals surface area contributed by atoms with Crippen molar-refractivity contribution >= 4 is 17.5 Å². The Balaban J connectivity index is 1.74. The van der Waals surface area contributed by atoms with Gasteiger partial charge in [-0.1, -0.05) is 44.9 Å². The van der Waals surface area contributed by atoms with E-state index in [4.69, 9.17) is 5.73 Å². The molecular formula is C22H33N3O2. The number of benzene rings is 1. The summed E-state index contributed by atoms with van der Waals surface area (Å²) in [4.78, 5) is 27.4. The summed E-state index contributed by atoms with van der Waals surface area (Å²) in [7, 11) is 0. The molecule has 5 nitrogen and oxygen atoms in total. The van der Waals surface area contributed by atoms with Gasteiger partial charge in [-0.3, -0.25) is 9.59 Å². The van der Waals surface area contributed by atoms with E-state index in [-0.39, 0.29) is 29.1 Å². The molecule has 0 bridgehead atoms. The Morgan fingerprint density at radius 3 is 2.41 bits per heavy atom. The second-order valence-electron chi connectivity index (χ2n) is 8.96. The molecular weight excluding hydrogens is 338 g/mol. The van der Waals surface area contributed by atoms with Crippen molar-refractivity contribution in [3.63, 3.8) is 0 Å². The molecule has 2 aliphatic rings. The van der Waals surface area contributed by atoms with Gasteiger partial charge in [0.15, 0.2) is 0 Å². The molecule has 2 saturated carbocycles. The van der Waals surface area contributed by atoms with Gasteiger partial charge in [-0.05, 0) is 49.3 Å². The van der Waals surface area contributed by atoms with E-state index in [0.29, 0.717) is 19.6 Å². The third kappa shape index (κ3) is 5.32. The molecule has 0 saturated heterocycles. The zero-order valence-electron chi connectivity index (χ0n) is 16.7. The molecule has 2 aliphatic carbocycles. The summed E-state index contributed by atoms with van der Waals surface area (Å²) in [5.41, 5.74) is 7.60. The fraction of sp³-hybridized carbons (Fsp3) is 0.636. The van der Waals surface area contributed by atoms with Crippen LogP contribution < -0.4 is 11.1 Å². The lowest BCUT2D eigenvalue weighted by atomic mass is 9.92.